The molecule has 19 heavy (non-hydrogen) atoms. The Morgan fingerprint density at radius 2 is 1.95 bits per heavy atom. The monoisotopic (exact) mass is 271 g/mol. The van der Waals surface area contributed by atoms with Gasteiger partial charge in [-0.15, -0.1) is 0 Å². The maximum Gasteiger partial charge on any atom is 0.323 e. The second-order valence-electron chi connectivity index (χ2n) is 6.03. The minimum absolute atomic E-state index is 0.544. The van der Waals surface area contributed by atoms with Crippen LogP contribution in [0.4, 0.5) is 0 Å². The smallest absolute Gasteiger partial charge is 0.323 e. The van der Waals surface area contributed by atoms with E-state index >= 15 is 0 Å². The van der Waals surface area contributed by atoms with Gasteiger partial charge in [-0.3, -0.25) is 4.79 Å². The predicted molar refractivity (Wildman–Crippen MR) is 77.3 cm³/mol. The molecule has 5 nitrogen and oxygen atoms in total. The van der Waals surface area contributed by atoms with Crippen LogP contribution in [0.15, 0.2) is 0 Å². The maximum absolute atomic E-state index is 10.9. The Labute approximate surface area is 116 Å². The fraction of sp³-hybridized carbons (Fsp3) is 0.929. The molecule has 112 valence electrons. The molecule has 0 aromatic heterocycles. The first-order valence-electron chi connectivity index (χ1n) is 7.35. The highest BCUT2D eigenvalue weighted by atomic mass is 16.4. The lowest BCUT2D eigenvalue weighted by Gasteiger charge is -2.22. The van der Waals surface area contributed by atoms with E-state index in [0.717, 1.165) is 32.5 Å². The van der Waals surface area contributed by atoms with Gasteiger partial charge in [-0.25, -0.2) is 0 Å². The van der Waals surface area contributed by atoms with Gasteiger partial charge in [0.25, 0.3) is 0 Å². The number of nitrogens with zero attached hydrogens (tertiary/aromatic N) is 2. The molecule has 3 N–H and O–H groups in total. The highest BCUT2D eigenvalue weighted by Crippen LogP contribution is 2.11. The van der Waals surface area contributed by atoms with E-state index in [4.69, 9.17) is 10.8 Å². The fourth-order valence-electron chi connectivity index (χ4n) is 2.41. The predicted octanol–water partition coefficient (Wildman–Crippen LogP) is 0.986. The molecule has 0 radical (unpaired) electrons. The molecule has 0 aliphatic carbocycles. The zero-order chi connectivity index (χ0) is 14.3. The Morgan fingerprint density at radius 3 is 2.53 bits per heavy atom. The van der Waals surface area contributed by atoms with Crippen LogP contribution in [0, 0.1) is 0 Å². The number of nitrogens with two attached hydrogens (primary N) is 1. The summed E-state index contributed by atoms with van der Waals surface area (Å²) in [5.74, 6) is -0.908. The van der Waals surface area contributed by atoms with Gasteiger partial charge in [0.05, 0.1) is 0 Å². The first-order chi connectivity index (χ1) is 8.92. The van der Waals surface area contributed by atoms with E-state index in [1.165, 1.54) is 25.9 Å². The molecule has 1 saturated heterocycles. The highest BCUT2D eigenvalue weighted by molar-refractivity contribution is 5.77. The second kappa shape index (κ2) is 7.82. The Kier molecular flexibility index (Phi) is 6.75. The molecule has 0 saturated carbocycles. The number of likely N-dealkylation sites (N-methyl/N-ethyl adjacent to an activating group) is 1. The van der Waals surface area contributed by atoms with Gasteiger partial charge in [-0.2, -0.15) is 0 Å². The number of hydrogen-bond donors (Lipinski definition) is 2. The van der Waals surface area contributed by atoms with Crippen molar-refractivity contribution in [2.24, 2.45) is 5.73 Å². The van der Waals surface area contributed by atoms with Crippen molar-refractivity contribution in [3.8, 4) is 0 Å². The lowest BCUT2D eigenvalue weighted by molar-refractivity contribution is -0.142. The first kappa shape index (κ1) is 16.4. The number of hydrogen-bond acceptors (Lipinski definition) is 4. The quantitative estimate of drug-likeness (QED) is 0.612. The molecule has 0 amide bonds. The summed E-state index contributed by atoms with van der Waals surface area (Å²) in [6, 6.07) is 0. The van der Waals surface area contributed by atoms with E-state index < -0.39 is 11.5 Å². The molecule has 1 aliphatic rings. The Balaban J connectivity index is 2.03. The summed E-state index contributed by atoms with van der Waals surface area (Å²) in [7, 11) is 2.13. The van der Waals surface area contributed by atoms with Gasteiger partial charge in [0, 0.05) is 13.1 Å². The second-order valence-corrected chi connectivity index (χ2v) is 6.03. The van der Waals surface area contributed by atoms with Crippen LogP contribution in [-0.4, -0.2) is 66.2 Å². The molecule has 0 aromatic rings. The zero-order valence-electron chi connectivity index (χ0n) is 12.4. The van der Waals surface area contributed by atoms with E-state index in [0.29, 0.717) is 6.42 Å². The molecule has 1 unspecified atom stereocenters. The van der Waals surface area contributed by atoms with Crippen LogP contribution < -0.4 is 5.73 Å². The van der Waals surface area contributed by atoms with E-state index in [1.807, 2.05) is 0 Å². The minimum atomic E-state index is -1.08. The van der Waals surface area contributed by atoms with Gasteiger partial charge in [0.15, 0.2) is 0 Å². The molecule has 1 fully saturated rings. The molecule has 0 spiro atoms. The molecule has 1 aliphatic heterocycles. The standard InChI is InChI=1S/C14H29N3O2/c1-14(15,13(18)19)7-3-4-8-16(2)11-12-17-9-5-6-10-17/h3-12,15H2,1-2H3,(H,18,19). The molecule has 0 bridgehead atoms. The number of aliphatic carboxylic acids is 1. The normalized spacial score (nSPS) is 19.8. The summed E-state index contributed by atoms with van der Waals surface area (Å²) in [5, 5.41) is 8.91. The Morgan fingerprint density at radius 1 is 1.32 bits per heavy atom. The van der Waals surface area contributed by atoms with Crippen molar-refractivity contribution in [1.29, 1.82) is 0 Å². The van der Waals surface area contributed by atoms with Gasteiger partial charge in [0.2, 0.25) is 0 Å². The van der Waals surface area contributed by atoms with Gasteiger partial charge < -0.3 is 20.6 Å². The number of likely N-dealkylation sites (tertiary alicyclic amines) is 1. The summed E-state index contributed by atoms with van der Waals surface area (Å²) in [5.41, 5.74) is 4.62. The van der Waals surface area contributed by atoms with Gasteiger partial charge in [-0.1, -0.05) is 0 Å². The van der Waals surface area contributed by atoms with Crippen LogP contribution in [0.3, 0.4) is 0 Å². The average Bonchev–Trinajstić information content (AvgIpc) is 2.85. The molecule has 1 heterocycles. The van der Waals surface area contributed by atoms with E-state index in [1.54, 1.807) is 6.92 Å². The SMILES string of the molecule is CN(CCCCC(C)(N)C(=O)O)CCN1CCCC1. The van der Waals surface area contributed by atoms with E-state index in [9.17, 15) is 4.79 Å². The summed E-state index contributed by atoms with van der Waals surface area (Å²) in [6.07, 6.45) is 5.11. The van der Waals surface area contributed by atoms with Gasteiger partial charge in [0.1, 0.15) is 5.54 Å². The molecule has 1 atom stereocenters. The fourth-order valence-corrected chi connectivity index (χ4v) is 2.41. The van der Waals surface area contributed by atoms with Crippen LogP contribution in [0.1, 0.15) is 39.0 Å². The van der Waals surface area contributed by atoms with Crippen molar-refractivity contribution in [3.63, 3.8) is 0 Å². The summed E-state index contributed by atoms with van der Waals surface area (Å²) in [4.78, 5) is 15.7. The Hall–Kier alpha value is -0.650. The topological polar surface area (TPSA) is 69.8 Å². The van der Waals surface area contributed by atoms with E-state index in [-0.39, 0.29) is 0 Å². The number of unbranched alkanes of at least 4 members (excludes halogenated alkanes) is 1. The largest absolute Gasteiger partial charge is 0.480 e. The highest BCUT2D eigenvalue weighted by Gasteiger charge is 2.26. The van der Waals surface area contributed by atoms with Gasteiger partial charge in [-0.05, 0) is 65.7 Å². The third-order valence-corrected chi connectivity index (χ3v) is 3.97. The summed E-state index contributed by atoms with van der Waals surface area (Å²) >= 11 is 0. The number of carboxylic acids is 1. The lowest BCUT2D eigenvalue weighted by atomic mass is 9.96. The number of carbonyl (C=O) groups is 1. The third-order valence-electron chi connectivity index (χ3n) is 3.97. The Bertz CT molecular complexity index is 276. The lowest BCUT2D eigenvalue weighted by Crippen LogP contribution is -2.44. The third kappa shape index (κ3) is 6.36. The van der Waals surface area contributed by atoms with Crippen LogP contribution in [-0.2, 0) is 4.79 Å². The zero-order valence-corrected chi connectivity index (χ0v) is 12.4. The van der Waals surface area contributed by atoms with Gasteiger partial charge >= 0.3 is 5.97 Å². The minimum Gasteiger partial charge on any atom is -0.480 e. The number of carboxylic acid groups (broad SMARTS) is 1. The summed E-state index contributed by atoms with van der Waals surface area (Å²) in [6.45, 7) is 7.35. The van der Waals surface area contributed by atoms with Crippen molar-refractivity contribution in [1.82, 2.24) is 9.80 Å². The average molecular weight is 271 g/mol. The van der Waals surface area contributed by atoms with Crippen LogP contribution in [0.5, 0.6) is 0 Å². The van der Waals surface area contributed by atoms with Crippen LogP contribution in [0.25, 0.3) is 0 Å². The molecular weight excluding hydrogens is 242 g/mol. The van der Waals surface area contributed by atoms with Crippen LogP contribution in [0.2, 0.25) is 0 Å². The first-order valence-corrected chi connectivity index (χ1v) is 7.35. The maximum atomic E-state index is 10.9. The van der Waals surface area contributed by atoms with Crippen molar-refractivity contribution in [3.05, 3.63) is 0 Å². The molecule has 1 rings (SSSR count). The van der Waals surface area contributed by atoms with Crippen LogP contribution >= 0.6 is 0 Å². The van der Waals surface area contributed by atoms with E-state index in [2.05, 4.69) is 16.8 Å². The molecule has 0 aromatic carbocycles. The van der Waals surface area contributed by atoms with Crippen molar-refractivity contribution in [2.75, 3.05) is 39.8 Å². The van der Waals surface area contributed by atoms with Crippen molar-refractivity contribution >= 4 is 5.97 Å². The van der Waals surface area contributed by atoms with Crippen molar-refractivity contribution < 1.29 is 9.90 Å². The summed E-state index contributed by atoms with van der Waals surface area (Å²) < 4.78 is 0. The molecular formula is C14H29N3O2. The number of rotatable bonds is 9. The van der Waals surface area contributed by atoms with Crippen molar-refractivity contribution in [2.45, 2.75) is 44.6 Å². The molecule has 5 heteroatoms.